The summed E-state index contributed by atoms with van der Waals surface area (Å²) in [5.74, 6) is 6.71. The van der Waals surface area contributed by atoms with Gasteiger partial charge in [0.25, 0.3) is 0 Å². The van der Waals surface area contributed by atoms with E-state index in [4.69, 9.17) is 0 Å². The molecule has 0 aliphatic rings. The Morgan fingerprint density at radius 1 is 1.38 bits per heavy atom. The second-order valence-electron chi connectivity index (χ2n) is 3.06. The zero-order chi connectivity index (χ0) is 9.52. The number of allylic oxidation sites excluding steroid dienone is 1. The predicted molar refractivity (Wildman–Crippen MR) is 57.3 cm³/mol. The molecule has 0 nitrogen and oxygen atoms in total. The van der Waals surface area contributed by atoms with Crippen molar-refractivity contribution in [3.63, 3.8) is 0 Å². The van der Waals surface area contributed by atoms with Crippen molar-refractivity contribution in [3.05, 3.63) is 48.6 Å². The molecule has 0 heterocycles. The fourth-order valence-corrected chi connectivity index (χ4v) is 1.04. The normalized spacial score (nSPS) is 11.2. The zero-order valence-corrected chi connectivity index (χ0v) is 7.96. The van der Waals surface area contributed by atoms with E-state index in [0.29, 0.717) is 5.92 Å². The van der Waals surface area contributed by atoms with Crippen LogP contribution in [0.4, 0.5) is 0 Å². The highest BCUT2D eigenvalue weighted by Crippen LogP contribution is 2.01. The van der Waals surface area contributed by atoms with Gasteiger partial charge in [0.2, 0.25) is 0 Å². The van der Waals surface area contributed by atoms with Gasteiger partial charge in [0.15, 0.2) is 0 Å². The van der Waals surface area contributed by atoms with E-state index in [1.54, 1.807) is 0 Å². The van der Waals surface area contributed by atoms with Crippen molar-refractivity contribution in [3.8, 4) is 11.8 Å². The Morgan fingerprint density at radius 2 is 2.08 bits per heavy atom. The lowest BCUT2D eigenvalue weighted by molar-refractivity contribution is 0.774. The SMILES string of the molecule is C=CCC(C)C#Cc1ccccc1. The van der Waals surface area contributed by atoms with Crippen LogP contribution >= 0.6 is 0 Å². The summed E-state index contributed by atoms with van der Waals surface area (Å²) in [6.45, 7) is 5.80. The van der Waals surface area contributed by atoms with E-state index in [1.165, 1.54) is 0 Å². The predicted octanol–water partition coefficient (Wildman–Crippen LogP) is 3.25. The van der Waals surface area contributed by atoms with E-state index in [-0.39, 0.29) is 0 Å². The molecule has 0 N–H and O–H groups in total. The molecule has 0 bridgehead atoms. The molecule has 1 atom stereocenters. The van der Waals surface area contributed by atoms with Gasteiger partial charge < -0.3 is 0 Å². The van der Waals surface area contributed by atoms with Gasteiger partial charge in [0.05, 0.1) is 0 Å². The highest BCUT2D eigenvalue weighted by Gasteiger charge is 1.90. The van der Waals surface area contributed by atoms with Crippen LogP contribution in [-0.4, -0.2) is 0 Å². The van der Waals surface area contributed by atoms with Crippen LogP contribution in [0.5, 0.6) is 0 Å². The Balaban J connectivity index is 2.62. The summed E-state index contributed by atoms with van der Waals surface area (Å²) in [4.78, 5) is 0. The minimum Gasteiger partial charge on any atom is -0.103 e. The quantitative estimate of drug-likeness (QED) is 0.472. The molecule has 1 rings (SSSR count). The minimum absolute atomic E-state index is 0.401. The lowest BCUT2D eigenvalue weighted by atomic mass is 10.1. The summed E-state index contributed by atoms with van der Waals surface area (Å²) in [7, 11) is 0. The molecule has 0 fully saturated rings. The maximum absolute atomic E-state index is 3.69. The number of hydrogen-bond acceptors (Lipinski definition) is 0. The second kappa shape index (κ2) is 5.22. The molecular weight excluding hydrogens is 156 g/mol. The zero-order valence-electron chi connectivity index (χ0n) is 7.96. The first-order valence-electron chi connectivity index (χ1n) is 4.50. The Bertz CT molecular complexity index is 311. The average Bonchev–Trinajstić information content (AvgIpc) is 2.17. The summed E-state index contributed by atoms with van der Waals surface area (Å²) in [5, 5.41) is 0. The smallest absolute Gasteiger partial charge is 0.0245 e. The molecule has 0 aromatic heterocycles. The van der Waals surface area contributed by atoms with Gasteiger partial charge in [-0.2, -0.15) is 0 Å². The summed E-state index contributed by atoms with van der Waals surface area (Å²) in [6, 6.07) is 10.0. The molecule has 0 aliphatic carbocycles. The Morgan fingerprint density at radius 3 is 2.69 bits per heavy atom. The van der Waals surface area contributed by atoms with Gasteiger partial charge in [-0.05, 0) is 18.6 Å². The molecule has 1 unspecified atom stereocenters. The topological polar surface area (TPSA) is 0 Å². The van der Waals surface area contributed by atoms with E-state index in [0.717, 1.165) is 12.0 Å². The first-order valence-corrected chi connectivity index (χ1v) is 4.50. The summed E-state index contributed by atoms with van der Waals surface area (Å²) >= 11 is 0. The molecule has 66 valence electrons. The Labute approximate surface area is 80.3 Å². The van der Waals surface area contributed by atoms with Crippen molar-refractivity contribution in [2.45, 2.75) is 13.3 Å². The van der Waals surface area contributed by atoms with Gasteiger partial charge in [-0.3, -0.25) is 0 Å². The maximum atomic E-state index is 3.69. The summed E-state index contributed by atoms with van der Waals surface area (Å²) in [6.07, 6.45) is 2.87. The van der Waals surface area contributed by atoms with Gasteiger partial charge >= 0.3 is 0 Å². The van der Waals surface area contributed by atoms with E-state index in [2.05, 4.69) is 25.3 Å². The first-order chi connectivity index (χ1) is 6.33. The van der Waals surface area contributed by atoms with Crippen molar-refractivity contribution < 1.29 is 0 Å². The molecule has 1 aromatic rings. The molecule has 0 saturated heterocycles. The second-order valence-corrected chi connectivity index (χ2v) is 3.06. The maximum Gasteiger partial charge on any atom is 0.0245 e. The van der Waals surface area contributed by atoms with E-state index >= 15 is 0 Å². The highest BCUT2D eigenvalue weighted by molar-refractivity contribution is 5.33. The molecule has 0 saturated carbocycles. The minimum atomic E-state index is 0.401. The Hall–Kier alpha value is -1.48. The number of hydrogen-bond donors (Lipinski definition) is 0. The summed E-state index contributed by atoms with van der Waals surface area (Å²) in [5.41, 5.74) is 1.08. The molecule has 0 heteroatoms. The van der Waals surface area contributed by atoms with E-state index < -0.39 is 0 Å². The monoisotopic (exact) mass is 170 g/mol. The molecule has 13 heavy (non-hydrogen) atoms. The third-order valence-electron chi connectivity index (χ3n) is 1.76. The average molecular weight is 170 g/mol. The van der Waals surface area contributed by atoms with Crippen molar-refractivity contribution in [2.75, 3.05) is 0 Å². The van der Waals surface area contributed by atoms with Crippen molar-refractivity contribution >= 4 is 0 Å². The summed E-state index contributed by atoms with van der Waals surface area (Å²) < 4.78 is 0. The van der Waals surface area contributed by atoms with Gasteiger partial charge in [-0.15, -0.1) is 6.58 Å². The van der Waals surface area contributed by atoms with Crippen LogP contribution in [0.3, 0.4) is 0 Å². The van der Waals surface area contributed by atoms with Crippen molar-refractivity contribution in [1.82, 2.24) is 0 Å². The third kappa shape index (κ3) is 3.62. The highest BCUT2D eigenvalue weighted by atomic mass is 13.9. The largest absolute Gasteiger partial charge is 0.103 e. The lowest BCUT2D eigenvalue weighted by Gasteiger charge is -1.95. The van der Waals surface area contributed by atoms with Crippen LogP contribution in [-0.2, 0) is 0 Å². The van der Waals surface area contributed by atoms with Crippen LogP contribution in [0.15, 0.2) is 43.0 Å². The molecule has 0 spiro atoms. The number of rotatable bonds is 2. The Kier molecular flexibility index (Phi) is 3.85. The lowest BCUT2D eigenvalue weighted by Crippen LogP contribution is -1.86. The van der Waals surface area contributed by atoms with Crippen LogP contribution in [0.25, 0.3) is 0 Å². The number of benzene rings is 1. The van der Waals surface area contributed by atoms with Crippen LogP contribution in [0.1, 0.15) is 18.9 Å². The standard InChI is InChI=1S/C13H14/c1-3-7-12(2)10-11-13-8-5-4-6-9-13/h3-6,8-9,12H,1,7H2,2H3. The van der Waals surface area contributed by atoms with Gasteiger partial charge in [-0.25, -0.2) is 0 Å². The first kappa shape index (κ1) is 9.61. The van der Waals surface area contributed by atoms with E-state index in [9.17, 15) is 0 Å². The molecule has 0 amide bonds. The van der Waals surface area contributed by atoms with Gasteiger partial charge in [-0.1, -0.05) is 43.0 Å². The fourth-order valence-electron chi connectivity index (χ4n) is 1.04. The van der Waals surface area contributed by atoms with Crippen molar-refractivity contribution in [2.24, 2.45) is 5.92 Å². The van der Waals surface area contributed by atoms with Gasteiger partial charge in [0.1, 0.15) is 0 Å². The molecular formula is C13H14. The molecule has 1 aromatic carbocycles. The van der Waals surface area contributed by atoms with Crippen LogP contribution < -0.4 is 0 Å². The van der Waals surface area contributed by atoms with Crippen LogP contribution in [0, 0.1) is 17.8 Å². The van der Waals surface area contributed by atoms with Crippen molar-refractivity contribution in [1.29, 1.82) is 0 Å². The van der Waals surface area contributed by atoms with E-state index in [1.807, 2.05) is 36.4 Å². The third-order valence-corrected chi connectivity index (χ3v) is 1.76. The fraction of sp³-hybridized carbons (Fsp3) is 0.231. The van der Waals surface area contributed by atoms with Crippen LogP contribution in [0.2, 0.25) is 0 Å². The van der Waals surface area contributed by atoms with Gasteiger partial charge in [0, 0.05) is 11.5 Å². The molecule has 0 aliphatic heterocycles. The molecule has 0 radical (unpaired) electrons.